The Bertz CT molecular complexity index is 1360. The Morgan fingerprint density at radius 1 is 1.11 bits per heavy atom. The van der Waals surface area contributed by atoms with Gasteiger partial charge in [-0.1, -0.05) is 12.1 Å². The molecule has 0 amide bonds. The molecule has 0 saturated carbocycles. The zero-order valence-corrected chi connectivity index (χ0v) is 20.6. The number of ether oxygens (including phenoxy) is 1. The Labute approximate surface area is 209 Å². The van der Waals surface area contributed by atoms with Crippen molar-refractivity contribution in [1.82, 2.24) is 29.4 Å². The number of piperazine rings is 1. The Kier molecular flexibility index (Phi) is 5.90. The number of benzene rings is 2. The molecule has 3 fully saturated rings. The molecule has 0 spiro atoms. The molecule has 11 nitrogen and oxygen atoms in total. The number of hydrogen-bond acceptors (Lipinski definition) is 9. The molecule has 3 aromatic rings. The van der Waals surface area contributed by atoms with Gasteiger partial charge in [-0.3, -0.25) is 4.90 Å². The standard InChI is InChI=1S/C24H28N6O5S/c1-15-20(8-9-21-22(15)13-35-24(21)32)23(31)12-28-10-18-3-2-17(28)11-30(18)36(33,34)19-6-4-16(5-7-19)29-14-25-26-27-29/h4-9,14,17-18,23-24,31-32H,2-3,10-13H2,1H3. The lowest BCUT2D eigenvalue weighted by atomic mass is 9.91. The third kappa shape index (κ3) is 3.94. The summed E-state index contributed by atoms with van der Waals surface area (Å²) in [4.78, 5) is 2.46. The van der Waals surface area contributed by atoms with Crippen molar-refractivity contribution < 1.29 is 23.4 Å². The molecule has 4 unspecified atom stereocenters. The molecule has 0 aliphatic carbocycles. The van der Waals surface area contributed by atoms with Crippen LogP contribution in [0.1, 0.15) is 47.5 Å². The highest BCUT2D eigenvalue weighted by atomic mass is 32.2. The molecule has 2 aromatic carbocycles. The molecule has 3 saturated heterocycles. The maximum Gasteiger partial charge on any atom is 0.243 e. The highest BCUT2D eigenvalue weighted by Crippen LogP contribution is 2.37. The quantitative estimate of drug-likeness (QED) is 0.497. The Morgan fingerprint density at radius 2 is 1.89 bits per heavy atom. The van der Waals surface area contributed by atoms with E-state index in [1.807, 2.05) is 19.1 Å². The first-order valence-corrected chi connectivity index (χ1v) is 13.5. The molecule has 4 atom stereocenters. The van der Waals surface area contributed by atoms with Crippen molar-refractivity contribution in [3.63, 3.8) is 0 Å². The van der Waals surface area contributed by atoms with Crippen LogP contribution in [0.25, 0.3) is 5.69 Å². The van der Waals surface area contributed by atoms with Gasteiger partial charge < -0.3 is 14.9 Å². The highest BCUT2D eigenvalue weighted by molar-refractivity contribution is 7.89. The van der Waals surface area contributed by atoms with Gasteiger partial charge in [0, 0.05) is 37.3 Å². The normalized spacial score (nSPS) is 25.2. The van der Waals surface area contributed by atoms with Gasteiger partial charge in [-0.15, -0.1) is 5.10 Å². The number of tetrazole rings is 1. The van der Waals surface area contributed by atoms with Crippen LogP contribution in [-0.2, 0) is 21.4 Å². The number of piperidine rings is 2. The fourth-order valence-corrected chi connectivity index (χ4v) is 7.42. The maximum absolute atomic E-state index is 13.5. The van der Waals surface area contributed by atoms with Crippen LogP contribution in [0.15, 0.2) is 47.6 Å². The van der Waals surface area contributed by atoms with Crippen LogP contribution < -0.4 is 0 Å². The fraction of sp³-hybridized carbons (Fsp3) is 0.458. The molecule has 12 heteroatoms. The molecule has 0 radical (unpaired) electrons. The molecule has 4 aliphatic rings. The molecule has 5 heterocycles. The van der Waals surface area contributed by atoms with Crippen molar-refractivity contribution in [3.05, 3.63) is 65.0 Å². The molecule has 4 aliphatic heterocycles. The van der Waals surface area contributed by atoms with Crippen LogP contribution in [0, 0.1) is 6.92 Å². The third-order valence-corrected chi connectivity index (χ3v) is 9.68. The van der Waals surface area contributed by atoms with Gasteiger partial charge in [0.15, 0.2) is 6.29 Å². The van der Waals surface area contributed by atoms with Gasteiger partial charge in [0.25, 0.3) is 0 Å². The van der Waals surface area contributed by atoms with Crippen LogP contribution in [0.3, 0.4) is 0 Å². The second kappa shape index (κ2) is 8.98. The van der Waals surface area contributed by atoms with E-state index in [1.165, 1.54) is 11.0 Å². The van der Waals surface area contributed by atoms with Gasteiger partial charge >= 0.3 is 0 Å². The molecular weight excluding hydrogens is 484 g/mol. The highest BCUT2D eigenvalue weighted by Gasteiger charge is 2.45. The number of nitrogens with zero attached hydrogens (tertiary/aromatic N) is 6. The predicted octanol–water partition coefficient (Wildman–Crippen LogP) is 1.06. The average Bonchev–Trinajstić information content (AvgIpc) is 3.55. The van der Waals surface area contributed by atoms with E-state index in [0.717, 1.165) is 35.1 Å². The molecule has 190 valence electrons. The second-order valence-corrected chi connectivity index (χ2v) is 11.6. The number of aromatic nitrogens is 4. The van der Waals surface area contributed by atoms with Crippen molar-refractivity contribution in [2.24, 2.45) is 0 Å². The smallest absolute Gasteiger partial charge is 0.243 e. The largest absolute Gasteiger partial charge is 0.387 e. The van der Waals surface area contributed by atoms with Gasteiger partial charge in [0.2, 0.25) is 10.0 Å². The predicted molar refractivity (Wildman–Crippen MR) is 127 cm³/mol. The van der Waals surface area contributed by atoms with Crippen LogP contribution in [0.4, 0.5) is 0 Å². The summed E-state index contributed by atoms with van der Waals surface area (Å²) in [6.07, 6.45) is 1.52. The minimum Gasteiger partial charge on any atom is -0.387 e. The number of hydrogen-bond donors (Lipinski definition) is 2. The van der Waals surface area contributed by atoms with E-state index >= 15 is 0 Å². The lowest BCUT2D eigenvalue weighted by Crippen LogP contribution is -2.64. The average molecular weight is 513 g/mol. The molecule has 2 bridgehead atoms. The number of rotatable bonds is 6. The molecular formula is C24H28N6O5S. The van der Waals surface area contributed by atoms with E-state index in [2.05, 4.69) is 20.4 Å². The van der Waals surface area contributed by atoms with Crippen molar-refractivity contribution in [1.29, 1.82) is 0 Å². The molecule has 2 N–H and O–H groups in total. The lowest BCUT2D eigenvalue weighted by molar-refractivity contribution is -0.0918. The topological polar surface area (TPSA) is 134 Å². The summed E-state index contributed by atoms with van der Waals surface area (Å²) in [5, 5.41) is 32.1. The number of aliphatic hydroxyl groups excluding tert-OH is 2. The van der Waals surface area contributed by atoms with Crippen LogP contribution >= 0.6 is 0 Å². The summed E-state index contributed by atoms with van der Waals surface area (Å²) in [6, 6.07) is 10.1. The minimum absolute atomic E-state index is 0.0415. The summed E-state index contributed by atoms with van der Waals surface area (Å²) in [5.74, 6) is 0. The zero-order chi connectivity index (χ0) is 25.0. The Balaban J connectivity index is 1.16. The van der Waals surface area contributed by atoms with Crippen LogP contribution in [0.5, 0.6) is 0 Å². The fourth-order valence-electron chi connectivity index (χ4n) is 5.73. The third-order valence-electron chi connectivity index (χ3n) is 7.74. The van der Waals surface area contributed by atoms with Gasteiger partial charge in [0.05, 0.1) is 23.3 Å². The first-order valence-electron chi connectivity index (χ1n) is 12.0. The summed E-state index contributed by atoms with van der Waals surface area (Å²) >= 11 is 0. The number of sulfonamides is 1. The van der Waals surface area contributed by atoms with Gasteiger partial charge in [0.1, 0.15) is 6.33 Å². The van der Waals surface area contributed by atoms with Crippen molar-refractivity contribution in [2.45, 2.75) is 55.7 Å². The Hall–Kier alpha value is -2.74. The summed E-state index contributed by atoms with van der Waals surface area (Å²) in [5.41, 5.74) is 4.13. The summed E-state index contributed by atoms with van der Waals surface area (Å²) < 4.78 is 35.4. The van der Waals surface area contributed by atoms with E-state index in [9.17, 15) is 18.6 Å². The van der Waals surface area contributed by atoms with Crippen molar-refractivity contribution in [2.75, 3.05) is 19.6 Å². The van der Waals surface area contributed by atoms with E-state index in [4.69, 9.17) is 4.74 Å². The van der Waals surface area contributed by atoms with Crippen molar-refractivity contribution >= 4 is 10.0 Å². The molecule has 36 heavy (non-hydrogen) atoms. The number of aliphatic hydroxyl groups is 2. The van der Waals surface area contributed by atoms with E-state index < -0.39 is 22.4 Å². The lowest BCUT2D eigenvalue weighted by Gasteiger charge is -2.51. The first kappa shape index (κ1) is 23.6. The monoisotopic (exact) mass is 512 g/mol. The van der Waals surface area contributed by atoms with Gasteiger partial charge in [-0.05, 0) is 71.1 Å². The van der Waals surface area contributed by atoms with E-state index in [1.54, 1.807) is 28.6 Å². The SMILES string of the molecule is Cc1c(C(O)CN2CC3CCC2CN3S(=O)(=O)c2ccc(-n3cnnn3)cc2)ccc2c1COC2O. The Morgan fingerprint density at radius 3 is 2.58 bits per heavy atom. The van der Waals surface area contributed by atoms with Crippen LogP contribution in [-0.4, -0.2) is 79.8 Å². The van der Waals surface area contributed by atoms with Crippen molar-refractivity contribution in [3.8, 4) is 5.69 Å². The minimum atomic E-state index is -3.66. The van der Waals surface area contributed by atoms with Gasteiger partial charge in [-0.25, -0.2) is 13.1 Å². The van der Waals surface area contributed by atoms with Crippen LogP contribution in [0.2, 0.25) is 0 Å². The summed E-state index contributed by atoms with van der Waals surface area (Å²) in [6.45, 7) is 3.69. The van der Waals surface area contributed by atoms with E-state index in [0.29, 0.717) is 31.9 Å². The van der Waals surface area contributed by atoms with Gasteiger partial charge in [-0.2, -0.15) is 4.31 Å². The molecule has 1 aromatic heterocycles. The zero-order valence-electron chi connectivity index (χ0n) is 19.8. The number of fused-ring (bicyclic) bond motifs is 4. The maximum atomic E-state index is 13.5. The first-order chi connectivity index (χ1) is 17.3. The van der Waals surface area contributed by atoms with E-state index in [-0.39, 0.29) is 17.0 Å². The second-order valence-electron chi connectivity index (χ2n) is 9.69. The summed E-state index contributed by atoms with van der Waals surface area (Å²) in [7, 11) is -3.66. The molecule has 7 rings (SSSR count).